The number of rotatable bonds is 8. The van der Waals surface area contributed by atoms with Crippen LogP contribution in [0.3, 0.4) is 0 Å². The quantitative estimate of drug-likeness (QED) is 0.636. The number of amides is 1. The van der Waals surface area contributed by atoms with E-state index in [0.29, 0.717) is 30.4 Å². The molecule has 168 valence electrons. The van der Waals surface area contributed by atoms with Crippen molar-refractivity contribution in [2.75, 3.05) is 18.4 Å². The van der Waals surface area contributed by atoms with Crippen LogP contribution >= 0.6 is 0 Å². The summed E-state index contributed by atoms with van der Waals surface area (Å²) in [5, 5.41) is 2.81. The minimum atomic E-state index is -3.48. The topological polar surface area (TPSA) is 75.7 Å². The first kappa shape index (κ1) is 23.3. The lowest BCUT2D eigenvalue weighted by atomic mass is 9.98. The van der Waals surface area contributed by atoms with E-state index in [-0.39, 0.29) is 10.8 Å². The molecular weight excluding hydrogens is 412 g/mol. The summed E-state index contributed by atoms with van der Waals surface area (Å²) in [5.41, 5.74) is 1.62. The Balaban J connectivity index is 1.64. The van der Waals surface area contributed by atoms with E-state index < -0.39 is 16.1 Å². The van der Waals surface area contributed by atoms with Gasteiger partial charge in [-0.25, -0.2) is 8.42 Å². The smallest absolute Gasteiger partial charge is 0.265 e. The molecule has 0 aromatic heterocycles. The molecule has 1 aliphatic heterocycles. The highest BCUT2D eigenvalue weighted by Crippen LogP contribution is 2.29. The van der Waals surface area contributed by atoms with Gasteiger partial charge in [-0.3, -0.25) is 4.79 Å². The van der Waals surface area contributed by atoms with Crippen molar-refractivity contribution in [3.63, 3.8) is 0 Å². The average Bonchev–Trinajstić information content (AvgIpc) is 2.79. The van der Waals surface area contributed by atoms with Gasteiger partial charge in [0.05, 0.1) is 4.90 Å². The molecule has 2 aromatic rings. The number of sulfonamides is 1. The number of nitrogens with one attached hydrogen (secondary N) is 1. The third-order valence-corrected chi connectivity index (χ3v) is 7.72. The van der Waals surface area contributed by atoms with Crippen LogP contribution in [0.4, 0.5) is 5.69 Å². The van der Waals surface area contributed by atoms with Crippen LogP contribution in [0, 0.1) is 0 Å². The van der Waals surface area contributed by atoms with E-state index >= 15 is 0 Å². The average molecular weight is 445 g/mol. The standard InChI is InChI=1S/C24H32N2O4S/c1-4-18(2)22-10-6-7-11-23(22)30-19(3)24(27)25-20-12-14-21(15-13-20)31(28,29)26-16-8-5-9-17-26/h6-7,10-15,18-19H,4-5,8-9,16-17H2,1-3H3,(H,25,27). The fourth-order valence-electron chi connectivity index (χ4n) is 3.67. The molecule has 1 N–H and O–H groups in total. The molecule has 2 atom stereocenters. The SMILES string of the molecule is CCC(C)c1ccccc1OC(C)C(=O)Nc1ccc(S(=O)(=O)N2CCCCC2)cc1. The van der Waals surface area contributed by atoms with E-state index in [9.17, 15) is 13.2 Å². The maximum atomic E-state index is 12.8. The fraction of sp³-hybridized carbons (Fsp3) is 0.458. The van der Waals surface area contributed by atoms with Crippen LogP contribution in [-0.4, -0.2) is 37.8 Å². The maximum absolute atomic E-state index is 12.8. The van der Waals surface area contributed by atoms with Crippen LogP contribution in [0.15, 0.2) is 53.4 Å². The van der Waals surface area contributed by atoms with E-state index in [2.05, 4.69) is 19.2 Å². The first-order chi connectivity index (χ1) is 14.8. The van der Waals surface area contributed by atoms with Gasteiger partial charge in [0.25, 0.3) is 5.91 Å². The summed E-state index contributed by atoms with van der Waals surface area (Å²) in [7, 11) is -3.48. The Hall–Kier alpha value is -2.38. The second kappa shape index (κ2) is 10.3. The third kappa shape index (κ3) is 5.66. The molecule has 2 unspecified atom stereocenters. The van der Waals surface area contributed by atoms with Crippen molar-refractivity contribution in [3.05, 3.63) is 54.1 Å². The van der Waals surface area contributed by atoms with Crippen LogP contribution in [0.1, 0.15) is 57.9 Å². The van der Waals surface area contributed by atoms with Crippen molar-refractivity contribution in [1.82, 2.24) is 4.31 Å². The van der Waals surface area contributed by atoms with E-state index in [1.54, 1.807) is 31.2 Å². The monoisotopic (exact) mass is 444 g/mol. The lowest BCUT2D eigenvalue weighted by molar-refractivity contribution is -0.122. The van der Waals surface area contributed by atoms with Gasteiger partial charge >= 0.3 is 0 Å². The number of ether oxygens (including phenoxy) is 1. The second-order valence-electron chi connectivity index (χ2n) is 8.09. The summed E-state index contributed by atoms with van der Waals surface area (Å²) in [4.78, 5) is 12.9. The molecule has 0 bridgehead atoms. The summed E-state index contributed by atoms with van der Waals surface area (Å²) < 4.78 is 33.0. The molecule has 1 aliphatic rings. The van der Waals surface area contributed by atoms with E-state index in [4.69, 9.17) is 4.74 Å². The summed E-state index contributed by atoms with van der Waals surface area (Å²) in [6, 6.07) is 14.1. The minimum Gasteiger partial charge on any atom is -0.481 e. The van der Waals surface area contributed by atoms with Gasteiger partial charge < -0.3 is 10.1 Å². The predicted molar refractivity (Wildman–Crippen MR) is 123 cm³/mol. The summed E-state index contributed by atoms with van der Waals surface area (Å²) in [6.45, 7) is 7.08. The molecule has 7 heteroatoms. The number of hydrogen-bond acceptors (Lipinski definition) is 4. The van der Waals surface area contributed by atoms with Gasteiger partial charge in [0.2, 0.25) is 10.0 Å². The van der Waals surface area contributed by atoms with E-state index in [0.717, 1.165) is 31.2 Å². The Morgan fingerprint density at radius 2 is 1.68 bits per heavy atom. The van der Waals surface area contributed by atoms with Crippen LogP contribution in [0.25, 0.3) is 0 Å². The van der Waals surface area contributed by atoms with Gasteiger partial charge in [0.1, 0.15) is 5.75 Å². The Kier molecular flexibility index (Phi) is 7.73. The maximum Gasteiger partial charge on any atom is 0.265 e. The van der Waals surface area contributed by atoms with Crippen molar-refractivity contribution in [1.29, 1.82) is 0 Å². The van der Waals surface area contributed by atoms with Gasteiger partial charge in [-0.15, -0.1) is 0 Å². The zero-order valence-corrected chi connectivity index (χ0v) is 19.3. The number of para-hydroxylation sites is 1. The highest BCUT2D eigenvalue weighted by atomic mass is 32.2. The molecule has 0 radical (unpaired) electrons. The van der Waals surface area contributed by atoms with Crippen molar-refractivity contribution < 1.29 is 17.9 Å². The zero-order valence-electron chi connectivity index (χ0n) is 18.5. The summed E-state index contributed by atoms with van der Waals surface area (Å²) >= 11 is 0. The molecule has 2 aromatic carbocycles. The van der Waals surface area contributed by atoms with E-state index in [1.165, 1.54) is 4.31 Å². The number of benzene rings is 2. The zero-order chi connectivity index (χ0) is 22.4. The molecule has 1 heterocycles. The van der Waals surface area contributed by atoms with Crippen molar-refractivity contribution in [3.8, 4) is 5.75 Å². The van der Waals surface area contributed by atoms with Gasteiger partial charge in [0, 0.05) is 18.8 Å². The molecule has 6 nitrogen and oxygen atoms in total. The second-order valence-corrected chi connectivity index (χ2v) is 10.0. The summed E-state index contributed by atoms with van der Waals surface area (Å²) in [6.07, 6.45) is 3.14. The number of carbonyl (C=O) groups is 1. The Morgan fingerprint density at radius 3 is 2.32 bits per heavy atom. The molecule has 0 saturated carbocycles. The highest BCUT2D eigenvalue weighted by molar-refractivity contribution is 7.89. The Labute approximate surface area is 185 Å². The number of piperidine rings is 1. The van der Waals surface area contributed by atoms with Gasteiger partial charge in [0.15, 0.2) is 6.10 Å². The lowest BCUT2D eigenvalue weighted by Crippen LogP contribution is -2.35. The first-order valence-corrected chi connectivity index (χ1v) is 12.4. The lowest BCUT2D eigenvalue weighted by Gasteiger charge is -2.25. The van der Waals surface area contributed by atoms with Crippen LogP contribution in [0.2, 0.25) is 0 Å². The van der Waals surface area contributed by atoms with Crippen molar-refractivity contribution >= 4 is 21.6 Å². The normalized spacial score (nSPS) is 17.0. The third-order valence-electron chi connectivity index (χ3n) is 5.81. The first-order valence-electron chi connectivity index (χ1n) is 11.0. The van der Waals surface area contributed by atoms with Gasteiger partial charge in [-0.05, 0) is 68.0 Å². The van der Waals surface area contributed by atoms with Crippen molar-refractivity contribution in [2.45, 2.75) is 63.4 Å². The van der Waals surface area contributed by atoms with Gasteiger partial charge in [-0.2, -0.15) is 4.31 Å². The largest absolute Gasteiger partial charge is 0.481 e. The Bertz CT molecular complexity index is 983. The number of anilines is 1. The number of carbonyl (C=O) groups excluding carboxylic acids is 1. The number of hydrogen-bond donors (Lipinski definition) is 1. The van der Waals surface area contributed by atoms with Gasteiger partial charge in [-0.1, -0.05) is 38.5 Å². The Morgan fingerprint density at radius 1 is 1.03 bits per heavy atom. The highest BCUT2D eigenvalue weighted by Gasteiger charge is 2.26. The molecule has 1 amide bonds. The summed E-state index contributed by atoms with van der Waals surface area (Å²) in [5.74, 6) is 0.758. The molecule has 1 fully saturated rings. The van der Waals surface area contributed by atoms with Crippen LogP contribution < -0.4 is 10.1 Å². The molecule has 0 aliphatic carbocycles. The molecule has 0 spiro atoms. The van der Waals surface area contributed by atoms with E-state index in [1.807, 2.05) is 24.3 Å². The molecular formula is C24H32N2O4S. The number of nitrogens with zero attached hydrogens (tertiary/aromatic N) is 1. The molecule has 3 rings (SSSR count). The minimum absolute atomic E-state index is 0.249. The van der Waals surface area contributed by atoms with Crippen LogP contribution in [-0.2, 0) is 14.8 Å². The fourth-order valence-corrected chi connectivity index (χ4v) is 5.18. The molecule has 1 saturated heterocycles. The predicted octanol–water partition coefficient (Wildman–Crippen LogP) is 4.78. The van der Waals surface area contributed by atoms with Crippen molar-refractivity contribution in [2.24, 2.45) is 0 Å². The molecule has 31 heavy (non-hydrogen) atoms. The van der Waals surface area contributed by atoms with Crippen LogP contribution in [0.5, 0.6) is 5.75 Å².